The summed E-state index contributed by atoms with van der Waals surface area (Å²) in [6, 6.07) is 71.9. The standard InChI is InChI=1S/C97H88N8O2S4/c1-5-8-11-14-21-61-30-38-67(39-31-61)96(66-36-28-60(4)29-37-66)76-52-75-77(53-74(76)92-86(96)94-80(110-92)54-78(108-94)88(104-48-44-102-45-49-104)84-82(64(56-98)57-99)70-24-17-19-26-72(70)90(84)106)97(68-40-32-62(33-41-68)22-15-12-9-6-2,69-42-34-63(35-43-69)23-16-13-10-7-3)87-93(75)111-81-55-79(109-95(81)87)89(105-50-46-103-47-51-105)85-83(65(58-100)59-101)71-25-18-20-27-73(71)91(85)107/h17-20,24-43,52-55,102-103H,5-16,21-23,44-51H2,1-4H3/b88-84+,89-85+. The Hall–Kier alpha value is -10.4. The lowest BCUT2D eigenvalue weighted by Gasteiger charge is -2.36. The van der Waals surface area contributed by atoms with Gasteiger partial charge in [0, 0.05) is 105 Å². The highest BCUT2D eigenvalue weighted by atomic mass is 32.1. The van der Waals surface area contributed by atoms with Crippen molar-refractivity contribution in [2.24, 2.45) is 0 Å². The van der Waals surface area contributed by atoms with Crippen LogP contribution in [0, 0.1) is 52.2 Å². The molecule has 10 nitrogen and oxygen atoms in total. The predicted octanol–water partition coefficient (Wildman–Crippen LogP) is 22.3. The van der Waals surface area contributed by atoms with E-state index in [1.54, 1.807) is 22.7 Å². The third-order valence-electron chi connectivity index (χ3n) is 24.1. The Morgan fingerprint density at radius 3 is 1.06 bits per heavy atom. The first kappa shape index (κ1) is 73.4. The van der Waals surface area contributed by atoms with Gasteiger partial charge < -0.3 is 20.4 Å². The fraction of sp³-hybridized carbons (Fsp3) is 0.299. The van der Waals surface area contributed by atoms with Gasteiger partial charge in [-0.05, 0) is 142 Å². The number of allylic oxidation sites excluding steroid dienone is 6. The zero-order chi connectivity index (χ0) is 76.1. The summed E-state index contributed by atoms with van der Waals surface area (Å²) in [5.41, 5.74) is 20.5. The largest absolute Gasteiger partial charge is 0.367 e. The van der Waals surface area contributed by atoms with E-state index in [0.29, 0.717) is 96.9 Å². The number of hydrogen-bond donors (Lipinski definition) is 2. The van der Waals surface area contributed by atoms with E-state index in [0.717, 1.165) is 89.6 Å². The van der Waals surface area contributed by atoms with Crippen LogP contribution in [0.3, 0.4) is 0 Å². The summed E-state index contributed by atoms with van der Waals surface area (Å²) >= 11 is 7.15. The second-order valence-corrected chi connectivity index (χ2v) is 34.9. The summed E-state index contributed by atoms with van der Waals surface area (Å²) in [6.45, 7) is 14.3. The van der Waals surface area contributed by atoms with Crippen molar-refractivity contribution < 1.29 is 9.59 Å². The molecule has 2 aliphatic heterocycles. The fourth-order valence-electron chi connectivity index (χ4n) is 18.8. The van der Waals surface area contributed by atoms with Crippen molar-refractivity contribution in [2.75, 3.05) is 52.4 Å². The first-order valence-electron chi connectivity index (χ1n) is 40.0. The number of aryl methyl sites for hydroxylation is 4. The molecular weight excluding hydrogens is 1440 g/mol. The van der Waals surface area contributed by atoms with Gasteiger partial charge in [-0.2, -0.15) is 21.0 Å². The molecule has 0 amide bonds. The molecule has 2 N–H and O–H groups in total. The molecule has 14 heteroatoms. The van der Waals surface area contributed by atoms with Crippen molar-refractivity contribution in [3.8, 4) is 45.2 Å². The van der Waals surface area contributed by atoms with Gasteiger partial charge in [-0.1, -0.05) is 230 Å². The van der Waals surface area contributed by atoms with E-state index in [4.69, 9.17) is 0 Å². The molecule has 1 atom stereocenters. The average Bonchev–Trinajstić information content (AvgIpc) is 1.49. The Morgan fingerprint density at radius 2 is 0.730 bits per heavy atom. The van der Waals surface area contributed by atoms with Crippen LogP contribution in [0.2, 0.25) is 0 Å². The van der Waals surface area contributed by atoms with Gasteiger partial charge in [0.2, 0.25) is 0 Å². The molecule has 2 fully saturated rings. The molecule has 0 saturated carbocycles. The number of hydrogen-bond acceptors (Lipinski definition) is 14. The molecule has 7 aromatic carbocycles. The van der Waals surface area contributed by atoms with Crippen LogP contribution in [-0.2, 0) is 30.1 Å². The third kappa shape index (κ3) is 12.3. The van der Waals surface area contributed by atoms with Crippen LogP contribution >= 0.6 is 45.3 Å². The van der Waals surface area contributed by atoms with Gasteiger partial charge >= 0.3 is 0 Å². The van der Waals surface area contributed by atoms with Crippen LogP contribution < -0.4 is 10.6 Å². The van der Waals surface area contributed by atoms with Gasteiger partial charge in [0.15, 0.2) is 11.6 Å². The molecule has 0 bridgehead atoms. The SMILES string of the molecule is CCCCCCc1ccc(C2(c3ccc(C)cc3)c3cc4c(cc3-c3sc5cc(/C(=C6\C(=O)c7ccccc7C6=C(C#N)C#N)N6CCNCC6)sc5c32)C(c2ccc(CCCCCC)cc2)(c2ccc(CCCCCC)cc2)c2c-4sc3cc(/C(=C4\C(=O)c5ccccc5C4=C(C#N)C#N)N4CCNCC4)sc23)cc1. The Bertz CT molecular complexity index is 5770. The van der Waals surface area contributed by atoms with E-state index >= 15 is 9.59 Å². The minimum Gasteiger partial charge on any atom is -0.367 e. The highest BCUT2D eigenvalue weighted by molar-refractivity contribution is 7.31. The van der Waals surface area contributed by atoms with Crippen molar-refractivity contribution in [3.63, 3.8) is 0 Å². The van der Waals surface area contributed by atoms with Gasteiger partial charge in [0.05, 0.1) is 52.5 Å². The second-order valence-electron chi connectivity index (χ2n) is 30.7. The monoisotopic (exact) mass is 1520 g/mol. The number of piperazine rings is 2. The van der Waals surface area contributed by atoms with E-state index < -0.39 is 10.8 Å². The van der Waals surface area contributed by atoms with Crippen LogP contribution in [0.1, 0.15) is 206 Å². The summed E-state index contributed by atoms with van der Waals surface area (Å²) in [5.74, 6) is -0.353. The van der Waals surface area contributed by atoms with Gasteiger partial charge in [-0.3, -0.25) is 9.59 Å². The maximum absolute atomic E-state index is 15.5. The first-order chi connectivity index (χ1) is 54.5. The molecule has 4 aromatic heterocycles. The molecule has 6 aliphatic rings. The van der Waals surface area contributed by atoms with Crippen LogP contribution in [0.5, 0.6) is 0 Å². The highest BCUT2D eigenvalue weighted by Crippen LogP contribution is 2.69. The number of ketones is 2. The van der Waals surface area contributed by atoms with E-state index in [9.17, 15) is 21.0 Å². The Morgan fingerprint density at radius 1 is 0.396 bits per heavy atom. The third-order valence-corrected chi connectivity index (χ3v) is 29.0. The average molecular weight is 1530 g/mol. The minimum absolute atomic E-state index is 0.0723. The van der Waals surface area contributed by atoms with Gasteiger partial charge in [0.25, 0.3) is 0 Å². The smallest absolute Gasteiger partial charge is 0.196 e. The maximum atomic E-state index is 15.5. The van der Waals surface area contributed by atoms with Crippen LogP contribution in [-0.4, -0.2) is 73.7 Å². The lowest BCUT2D eigenvalue weighted by Crippen LogP contribution is -2.42. The number of thiophene rings is 4. The molecule has 552 valence electrons. The normalized spacial score (nSPS) is 17.4. The van der Waals surface area contributed by atoms with Gasteiger partial charge in [-0.25, -0.2) is 0 Å². The van der Waals surface area contributed by atoms with E-state index in [1.165, 1.54) is 134 Å². The molecule has 1 unspecified atom stereocenters. The Labute approximate surface area is 667 Å². The van der Waals surface area contributed by atoms with Gasteiger partial charge in [0.1, 0.15) is 35.4 Å². The van der Waals surface area contributed by atoms with Crippen molar-refractivity contribution in [1.82, 2.24) is 20.4 Å². The molecule has 6 heterocycles. The number of nitrogens with one attached hydrogen (secondary N) is 2. The van der Waals surface area contributed by atoms with Gasteiger partial charge in [-0.15, -0.1) is 45.3 Å². The van der Waals surface area contributed by atoms with Crippen molar-refractivity contribution in [3.05, 3.63) is 291 Å². The molecular formula is C97H88N8O2S4. The number of rotatable bonds is 23. The van der Waals surface area contributed by atoms with Crippen LogP contribution in [0.15, 0.2) is 192 Å². The van der Waals surface area contributed by atoms with Crippen molar-refractivity contribution >= 4 is 98.3 Å². The summed E-state index contributed by atoms with van der Waals surface area (Å²) in [6.07, 6.45) is 17.0. The highest BCUT2D eigenvalue weighted by Gasteiger charge is 2.55. The summed E-state index contributed by atoms with van der Waals surface area (Å²) < 4.78 is 4.50. The Kier molecular flexibility index (Phi) is 20.6. The van der Waals surface area contributed by atoms with E-state index in [-0.39, 0.29) is 22.7 Å². The van der Waals surface area contributed by atoms with Crippen LogP contribution in [0.25, 0.3) is 62.2 Å². The minimum atomic E-state index is -0.883. The first-order valence-corrected chi connectivity index (χ1v) is 43.3. The molecule has 111 heavy (non-hydrogen) atoms. The molecule has 11 aromatic rings. The number of benzene rings is 7. The number of nitrogens with zero attached hydrogens (tertiary/aromatic N) is 6. The van der Waals surface area contributed by atoms with Crippen LogP contribution in [0.4, 0.5) is 0 Å². The summed E-state index contributed by atoms with van der Waals surface area (Å²) in [5, 5.41) is 50.4. The topological polar surface area (TPSA) is 160 Å². The second kappa shape index (κ2) is 31.1. The number of unbranched alkanes of at least 4 members (excludes halogenated alkanes) is 9. The Balaban J connectivity index is 0.967. The zero-order valence-corrected chi connectivity index (χ0v) is 66.8. The molecule has 0 spiro atoms. The number of carbonyl (C=O) groups is 2. The quantitative estimate of drug-likeness (QED) is 0.0358. The number of fused-ring (bicyclic) bond motifs is 12. The molecule has 4 aliphatic carbocycles. The predicted molar refractivity (Wildman–Crippen MR) is 456 cm³/mol. The van der Waals surface area contributed by atoms with Crippen molar-refractivity contribution in [1.29, 1.82) is 21.0 Å². The molecule has 0 radical (unpaired) electrons. The lowest BCUT2D eigenvalue weighted by molar-refractivity contribution is 0.103. The number of carbonyl (C=O) groups excluding carboxylic acids is 2. The number of nitriles is 4. The fourth-order valence-corrected chi connectivity index (χ4v) is 24.5. The number of Topliss-reactive ketones (excluding diaryl/α,β-unsaturated/α-hetero) is 2. The maximum Gasteiger partial charge on any atom is 0.196 e. The lowest BCUT2D eigenvalue weighted by atomic mass is 9.65. The zero-order valence-electron chi connectivity index (χ0n) is 63.6. The summed E-state index contributed by atoms with van der Waals surface area (Å²) in [7, 11) is 0. The molecule has 2 saturated heterocycles. The summed E-state index contributed by atoms with van der Waals surface area (Å²) in [4.78, 5) is 39.8. The van der Waals surface area contributed by atoms with E-state index in [2.05, 4.69) is 194 Å². The van der Waals surface area contributed by atoms with E-state index in [1.807, 2.05) is 71.2 Å². The molecule has 17 rings (SSSR count). The van der Waals surface area contributed by atoms with Crippen molar-refractivity contribution in [2.45, 2.75) is 135 Å².